The van der Waals surface area contributed by atoms with Gasteiger partial charge in [0.15, 0.2) is 0 Å². The van der Waals surface area contributed by atoms with Crippen molar-refractivity contribution in [3.63, 3.8) is 0 Å². The van der Waals surface area contributed by atoms with Crippen molar-refractivity contribution >= 4 is 21.4 Å². The first-order chi connectivity index (χ1) is 7.99. The minimum absolute atomic E-state index is 0.0723. The van der Waals surface area contributed by atoms with Crippen LogP contribution in [0.5, 0.6) is 0 Å². The molecule has 2 N–H and O–H groups in total. The Hall–Kier alpha value is -0.430. The maximum absolute atomic E-state index is 12.2. The van der Waals surface area contributed by atoms with E-state index in [2.05, 4.69) is 10.0 Å². The zero-order chi connectivity index (χ0) is 12.5. The topological polar surface area (TPSA) is 58.2 Å². The van der Waals surface area contributed by atoms with E-state index in [1.165, 1.54) is 11.3 Å². The summed E-state index contributed by atoms with van der Waals surface area (Å²) in [5.41, 5.74) is 0.842. The summed E-state index contributed by atoms with van der Waals surface area (Å²) in [6.07, 6.45) is 1.73. The molecule has 0 unspecified atom stereocenters. The van der Waals surface area contributed by atoms with E-state index in [0.29, 0.717) is 4.21 Å². The number of thiophene rings is 1. The third-order valence-corrected chi connectivity index (χ3v) is 6.21. The lowest BCUT2D eigenvalue weighted by Gasteiger charge is -2.23. The lowest BCUT2D eigenvalue weighted by molar-refractivity contribution is 0.427. The van der Waals surface area contributed by atoms with E-state index >= 15 is 0 Å². The molecule has 1 aliphatic rings. The van der Waals surface area contributed by atoms with Crippen molar-refractivity contribution in [1.82, 2.24) is 10.0 Å². The van der Waals surface area contributed by atoms with E-state index in [9.17, 15) is 8.42 Å². The summed E-state index contributed by atoms with van der Waals surface area (Å²) in [4.78, 5) is 1.04. The maximum atomic E-state index is 12.2. The van der Waals surface area contributed by atoms with Crippen molar-refractivity contribution in [3.8, 4) is 0 Å². The zero-order valence-corrected chi connectivity index (χ0v) is 11.7. The molecular formula is C11H18N2O2S2. The quantitative estimate of drug-likeness (QED) is 0.876. The van der Waals surface area contributed by atoms with Gasteiger partial charge in [0, 0.05) is 10.9 Å². The minimum Gasteiger partial charge on any atom is -0.317 e. The van der Waals surface area contributed by atoms with Crippen LogP contribution in [0.25, 0.3) is 0 Å². The first-order valence-electron chi connectivity index (χ1n) is 5.79. The van der Waals surface area contributed by atoms with Crippen LogP contribution in [0.15, 0.2) is 10.3 Å². The molecule has 1 fully saturated rings. The number of hydrogen-bond acceptors (Lipinski definition) is 4. The van der Waals surface area contributed by atoms with Crippen molar-refractivity contribution in [2.45, 2.75) is 36.9 Å². The van der Waals surface area contributed by atoms with Gasteiger partial charge < -0.3 is 5.32 Å². The van der Waals surface area contributed by atoms with Crippen LogP contribution >= 0.6 is 11.3 Å². The van der Waals surface area contributed by atoms with Gasteiger partial charge in [0.05, 0.1) is 0 Å². The molecule has 6 heteroatoms. The summed E-state index contributed by atoms with van der Waals surface area (Å²) in [6.45, 7) is 5.55. The summed E-state index contributed by atoms with van der Waals surface area (Å²) in [5.74, 6) is 0. The van der Waals surface area contributed by atoms with Gasteiger partial charge in [-0.3, -0.25) is 0 Å². The molecule has 0 atom stereocenters. The van der Waals surface area contributed by atoms with E-state index in [1.807, 2.05) is 19.9 Å². The standard InChI is InChI=1S/C11H18N2O2S2/c1-8-7-9(2)16-11(8)17(14,15)13-10-3-5-12-6-4-10/h7,10,12-13H,3-6H2,1-2H3. The second-order valence-corrected chi connectivity index (χ2v) is 7.64. The number of rotatable bonds is 3. The second-order valence-electron chi connectivity index (χ2n) is 4.47. The highest BCUT2D eigenvalue weighted by atomic mass is 32.2. The fraction of sp³-hybridized carbons (Fsp3) is 0.636. The third-order valence-electron chi connectivity index (χ3n) is 2.90. The molecule has 0 spiro atoms. The molecule has 2 rings (SSSR count). The highest BCUT2D eigenvalue weighted by molar-refractivity contribution is 7.91. The molecular weight excluding hydrogens is 256 g/mol. The van der Waals surface area contributed by atoms with Gasteiger partial charge >= 0.3 is 0 Å². The average molecular weight is 274 g/mol. The molecule has 0 bridgehead atoms. The molecule has 0 amide bonds. The molecule has 96 valence electrons. The van der Waals surface area contributed by atoms with Crippen molar-refractivity contribution in [2.24, 2.45) is 0 Å². The van der Waals surface area contributed by atoms with Crippen LogP contribution in [0.4, 0.5) is 0 Å². The molecule has 1 aromatic heterocycles. The van der Waals surface area contributed by atoms with Gasteiger partial charge in [-0.05, 0) is 51.4 Å². The first-order valence-corrected chi connectivity index (χ1v) is 8.09. The largest absolute Gasteiger partial charge is 0.317 e. The number of nitrogens with one attached hydrogen (secondary N) is 2. The van der Waals surface area contributed by atoms with Crippen LogP contribution < -0.4 is 10.0 Å². The molecule has 4 nitrogen and oxygen atoms in total. The predicted octanol–water partition coefficient (Wildman–Crippen LogP) is 1.40. The van der Waals surface area contributed by atoms with Gasteiger partial charge in [-0.1, -0.05) is 0 Å². The molecule has 1 saturated heterocycles. The normalized spacial score (nSPS) is 18.5. The van der Waals surface area contributed by atoms with Gasteiger partial charge in [-0.15, -0.1) is 11.3 Å². The Kier molecular flexibility index (Phi) is 3.87. The third kappa shape index (κ3) is 3.07. The average Bonchev–Trinajstić information content (AvgIpc) is 2.59. The lowest BCUT2D eigenvalue weighted by Crippen LogP contribution is -2.42. The van der Waals surface area contributed by atoms with Crippen LogP contribution in [0.3, 0.4) is 0 Å². The molecule has 0 radical (unpaired) electrons. The Morgan fingerprint density at radius 1 is 1.35 bits per heavy atom. The van der Waals surface area contributed by atoms with Gasteiger partial charge in [0.2, 0.25) is 0 Å². The minimum atomic E-state index is -3.33. The van der Waals surface area contributed by atoms with Gasteiger partial charge in [-0.25, -0.2) is 13.1 Å². The van der Waals surface area contributed by atoms with Gasteiger partial charge in [0.25, 0.3) is 10.0 Å². The monoisotopic (exact) mass is 274 g/mol. The van der Waals surface area contributed by atoms with E-state index in [1.54, 1.807) is 0 Å². The number of hydrogen-bond donors (Lipinski definition) is 2. The van der Waals surface area contributed by atoms with Crippen LogP contribution in [0.1, 0.15) is 23.3 Å². The molecule has 1 aromatic rings. The number of piperidine rings is 1. The summed E-state index contributed by atoms with van der Waals surface area (Å²) in [6, 6.07) is 1.99. The van der Waals surface area contributed by atoms with Crippen molar-refractivity contribution in [2.75, 3.05) is 13.1 Å². The summed E-state index contributed by atoms with van der Waals surface area (Å²) in [5, 5.41) is 3.22. The SMILES string of the molecule is Cc1cc(C)c(S(=O)(=O)NC2CCNCC2)s1. The summed E-state index contributed by atoms with van der Waals surface area (Å²) >= 11 is 1.34. The molecule has 1 aliphatic heterocycles. The Labute approximate surface area is 106 Å². The van der Waals surface area contributed by atoms with Crippen LogP contribution in [-0.4, -0.2) is 27.5 Å². The zero-order valence-electron chi connectivity index (χ0n) is 10.1. The summed E-state index contributed by atoms with van der Waals surface area (Å²) < 4.78 is 27.7. The maximum Gasteiger partial charge on any atom is 0.250 e. The second kappa shape index (κ2) is 5.06. The molecule has 0 saturated carbocycles. The van der Waals surface area contributed by atoms with Crippen molar-refractivity contribution < 1.29 is 8.42 Å². The van der Waals surface area contributed by atoms with Gasteiger partial charge in [0.1, 0.15) is 4.21 Å². The fourth-order valence-electron chi connectivity index (χ4n) is 2.10. The van der Waals surface area contributed by atoms with Gasteiger partial charge in [-0.2, -0.15) is 0 Å². The summed E-state index contributed by atoms with van der Waals surface area (Å²) in [7, 11) is -3.33. The lowest BCUT2D eigenvalue weighted by atomic mass is 10.1. The van der Waals surface area contributed by atoms with Crippen LogP contribution in [0, 0.1) is 13.8 Å². The van der Waals surface area contributed by atoms with Crippen LogP contribution in [-0.2, 0) is 10.0 Å². The Balaban J connectivity index is 2.15. The smallest absolute Gasteiger partial charge is 0.250 e. The molecule has 17 heavy (non-hydrogen) atoms. The van der Waals surface area contributed by atoms with Crippen LogP contribution in [0.2, 0.25) is 0 Å². The van der Waals surface area contributed by atoms with Crippen molar-refractivity contribution in [1.29, 1.82) is 0 Å². The molecule has 0 aromatic carbocycles. The van der Waals surface area contributed by atoms with E-state index < -0.39 is 10.0 Å². The fourth-order valence-corrected chi connectivity index (χ4v) is 5.09. The Morgan fingerprint density at radius 2 is 2.00 bits per heavy atom. The highest BCUT2D eigenvalue weighted by Crippen LogP contribution is 2.26. The number of aryl methyl sites for hydroxylation is 2. The molecule has 2 heterocycles. The Bertz CT molecular complexity index is 488. The van der Waals surface area contributed by atoms with Crippen molar-refractivity contribution in [3.05, 3.63) is 16.5 Å². The first kappa shape index (κ1) is 13.0. The number of sulfonamides is 1. The predicted molar refractivity (Wildman–Crippen MR) is 70.0 cm³/mol. The van der Waals surface area contributed by atoms with E-state index in [4.69, 9.17) is 0 Å². The Morgan fingerprint density at radius 3 is 2.53 bits per heavy atom. The van der Waals surface area contributed by atoms with E-state index in [0.717, 1.165) is 36.4 Å². The molecule has 0 aliphatic carbocycles. The van der Waals surface area contributed by atoms with E-state index in [-0.39, 0.29) is 6.04 Å². The highest BCUT2D eigenvalue weighted by Gasteiger charge is 2.24.